The van der Waals surface area contributed by atoms with Gasteiger partial charge in [0.05, 0.1) is 6.54 Å². The Morgan fingerprint density at radius 3 is 2.81 bits per heavy atom. The van der Waals surface area contributed by atoms with Crippen LogP contribution in [0.25, 0.3) is 0 Å². The number of rotatable bonds is 6. The molecule has 1 heterocycles. The molecule has 0 bridgehead atoms. The highest BCUT2D eigenvalue weighted by molar-refractivity contribution is 5.95. The third-order valence-corrected chi connectivity index (χ3v) is 4.39. The molecule has 0 aromatic heterocycles. The van der Waals surface area contributed by atoms with Gasteiger partial charge in [0.15, 0.2) is 0 Å². The summed E-state index contributed by atoms with van der Waals surface area (Å²) in [7, 11) is 1.72. The fourth-order valence-corrected chi connectivity index (χ4v) is 2.80. The molecule has 1 aliphatic rings. The molecule has 2 aromatic rings. The zero-order valence-electron chi connectivity index (χ0n) is 15.6. The fraction of sp³-hybridized carbons (Fsp3) is 0.300. The number of nitrogens with zero attached hydrogens (tertiary/aromatic N) is 2. The van der Waals surface area contributed by atoms with Gasteiger partial charge in [0.25, 0.3) is 0 Å². The van der Waals surface area contributed by atoms with E-state index in [9.17, 15) is 9.59 Å². The van der Waals surface area contributed by atoms with E-state index < -0.39 is 0 Å². The van der Waals surface area contributed by atoms with Crippen LogP contribution in [-0.4, -0.2) is 50.3 Å². The molecule has 0 aliphatic carbocycles. The number of benzene rings is 2. The van der Waals surface area contributed by atoms with Gasteiger partial charge in [-0.1, -0.05) is 24.3 Å². The van der Waals surface area contributed by atoms with Gasteiger partial charge in [-0.25, -0.2) is 9.59 Å². The molecule has 7 nitrogen and oxygen atoms in total. The van der Waals surface area contributed by atoms with Gasteiger partial charge in [-0.3, -0.25) is 4.90 Å². The van der Waals surface area contributed by atoms with Crippen molar-refractivity contribution in [2.45, 2.75) is 6.92 Å². The summed E-state index contributed by atoms with van der Waals surface area (Å²) >= 11 is 0. The Hall–Kier alpha value is -3.22. The van der Waals surface area contributed by atoms with Crippen LogP contribution >= 0.6 is 0 Å². The van der Waals surface area contributed by atoms with E-state index in [2.05, 4.69) is 10.6 Å². The molecule has 0 unspecified atom stereocenters. The minimum absolute atomic E-state index is 0.121. The number of hydrogen-bond donors (Lipinski definition) is 2. The maximum atomic E-state index is 12.4. The second-order valence-corrected chi connectivity index (χ2v) is 6.40. The first kappa shape index (κ1) is 18.6. The molecule has 1 fully saturated rings. The lowest BCUT2D eigenvalue weighted by molar-refractivity contribution is 0.207. The molecule has 2 aromatic carbocycles. The Labute approximate surface area is 158 Å². The number of nitrogens with one attached hydrogen (secondary N) is 2. The number of carbonyl (C=O) groups is 2. The second-order valence-electron chi connectivity index (χ2n) is 6.40. The van der Waals surface area contributed by atoms with Crippen LogP contribution in [0.15, 0.2) is 48.5 Å². The molecular formula is C20H24N4O3. The largest absolute Gasteiger partial charge is 0.491 e. The van der Waals surface area contributed by atoms with Crippen molar-refractivity contribution in [3.63, 3.8) is 0 Å². The molecule has 0 radical (unpaired) electrons. The van der Waals surface area contributed by atoms with E-state index in [4.69, 9.17) is 4.74 Å². The van der Waals surface area contributed by atoms with E-state index >= 15 is 0 Å². The molecule has 0 spiro atoms. The highest BCUT2D eigenvalue weighted by Crippen LogP contribution is 2.21. The summed E-state index contributed by atoms with van der Waals surface area (Å²) in [5.41, 5.74) is 2.46. The van der Waals surface area contributed by atoms with Gasteiger partial charge >= 0.3 is 12.1 Å². The van der Waals surface area contributed by atoms with Gasteiger partial charge in [-0.15, -0.1) is 0 Å². The number of ether oxygens (including phenoxy) is 1. The standard InChI is InChI=1S/C20H24N4O3/c1-15-6-3-4-9-18(15)27-13-12-23(2)20(26)22-16-7-5-8-17(14-16)24-11-10-21-19(24)25/h3-9,14H,10-13H2,1-2H3,(H,21,25)(H,22,26). The van der Waals surface area contributed by atoms with Crippen molar-refractivity contribution in [3.8, 4) is 5.75 Å². The second kappa shape index (κ2) is 8.44. The normalized spacial score (nSPS) is 13.3. The van der Waals surface area contributed by atoms with Gasteiger partial charge in [0, 0.05) is 31.5 Å². The molecule has 1 aliphatic heterocycles. The van der Waals surface area contributed by atoms with Gasteiger partial charge in [-0.05, 0) is 36.8 Å². The lowest BCUT2D eigenvalue weighted by Gasteiger charge is -2.20. The van der Waals surface area contributed by atoms with Crippen LogP contribution in [-0.2, 0) is 0 Å². The highest BCUT2D eigenvalue weighted by Gasteiger charge is 2.21. The summed E-state index contributed by atoms with van der Waals surface area (Å²) in [4.78, 5) is 27.4. The first-order chi connectivity index (χ1) is 13.0. The SMILES string of the molecule is Cc1ccccc1OCCN(C)C(=O)Nc1cccc(N2CCNC2=O)c1. The highest BCUT2D eigenvalue weighted by atomic mass is 16.5. The summed E-state index contributed by atoms with van der Waals surface area (Å²) in [6.07, 6.45) is 0. The first-order valence-corrected chi connectivity index (χ1v) is 8.90. The number of amides is 4. The maximum absolute atomic E-state index is 12.4. The Morgan fingerprint density at radius 1 is 1.26 bits per heavy atom. The van der Waals surface area contributed by atoms with E-state index in [1.165, 1.54) is 0 Å². The van der Waals surface area contributed by atoms with Gasteiger partial charge in [0.1, 0.15) is 12.4 Å². The van der Waals surface area contributed by atoms with E-state index in [1.54, 1.807) is 29.0 Å². The van der Waals surface area contributed by atoms with Crippen molar-refractivity contribution < 1.29 is 14.3 Å². The molecule has 1 saturated heterocycles. The number of likely N-dealkylation sites (N-methyl/N-ethyl adjacent to an activating group) is 1. The average molecular weight is 368 g/mol. The molecule has 4 amide bonds. The molecule has 0 atom stereocenters. The third-order valence-electron chi connectivity index (χ3n) is 4.39. The molecule has 142 valence electrons. The van der Waals surface area contributed by atoms with Crippen LogP contribution in [0.3, 0.4) is 0 Å². The molecule has 3 rings (SSSR count). The predicted molar refractivity (Wildman–Crippen MR) is 106 cm³/mol. The topological polar surface area (TPSA) is 73.9 Å². The van der Waals surface area contributed by atoms with Crippen molar-refractivity contribution in [2.24, 2.45) is 0 Å². The number of para-hydroxylation sites is 1. The Bertz CT molecular complexity index is 824. The Kier molecular flexibility index (Phi) is 5.80. The minimum atomic E-state index is -0.230. The van der Waals surface area contributed by atoms with Crippen LogP contribution in [0.4, 0.5) is 21.0 Å². The van der Waals surface area contributed by atoms with Gasteiger partial charge in [0.2, 0.25) is 0 Å². The Balaban J connectivity index is 1.52. The molecule has 27 heavy (non-hydrogen) atoms. The van der Waals surface area contributed by atoms with Gasteiger partial charge < -0.3 is 20.3 Å². The number of anilines is 2. The van der Waals surface area contributed by atoms with Crippen LogP contribution in [0, 0.1) is 6.92 Å². The maximum Gasteiger partial charge on any atom is 0.321 e. The summed E-state index contributed by atoms with van der Waals surface area (Å²) in [6, 6.07) is 14.7. The van der Waals surface area contributed by atoms with Crippen LogP contribution in [0.1, 0.15) is 5.56 Å². The van der Waals surface area contributed by atoms with Gasteiger partial charge in [-0.2, -0.15) is 0 Å². The lowest BCUT2D eigenvalue weighted by Crippen LogP contribution is -2.34. The Morgan fingerprint density at radius 2 is 2.07 bits per heavy atom. The minimum Gasteiger partial charge on any atom is -0.491 e. The number of aryl methyl sites for hydroxylation is 1. The molecule has 7 heteroatoms. The molecular weight excluding hydrogens is 344 g/mol. The van der Waals surface area contributed by atoms with Crippen molar-refractivity contribution in [1.29, 1.82) is 0 Å². The zero-order valence-corrected chi connectivity index (χ0v) is 15.6. The first-order valence-electron chi connectivity index (χ1n) is 8.90. The number of urea groups is 2. The van der Waals surface area contributed by atoms with E-state index in [0.717, 1.165) is 17.0 Å². The smallest absolute Gasteiger partial charge is 0.321 e. The van der Waals surface area contributed by atoms with Crippen molar-refractivity contribution in [3.05, 3.63) is 54.1 Å². The monoisotopic (exact) mass is 368 g/mol. The third kappa shape index (κ3) is 4.69. The number of carbonyl (C=O) groups excluding carboxylic acids is 2. The van der Waals surface area contributed by atoms with Crippen LogP contribution in [0.5, 0.6) is 5.75 Å². The van der Waals surface area contributed by atoms with E-state index in [-0.39, 0.29) is 12.1 Å². The lowest BCUT2D eigenvalue weighted by atomic mass is 10.2. The summed E-state index contributed by atoms with van der Waals surface area (Å²) < 4.78 is 5.73. The predicted octanol–water partition coefficient (Wildman–Crippen LogP) is 3.07. The molecule has 2 N–H and O–H groups in total. The summed E-state index contributed by atoms with van der Waals surface area (Å²) in [6.45, 7) is 4.09. The fourth-order valence-electron chi connectivity index (χ4n) is 2.80. The van der Waals surface area contributed by atoms with Crippen molar-refractivity contribution in [2.75, 3.05) is 43.5 Å². The summed E-state index contributed by atoms with van der Waals surface area (Å²) in [5.74, 6) is 0.822. The van der Waals surface area contributed by atoms with E-state index in [0.29, 0.717) is 31.9 Å². The van der Waals surface area contributed by atoms with Crippen LogP contribution < -0.4 is 20.3 Å². The zero-order chi connectivity index (χ0) is 19.2. The van der Waals surface area contributed by atoms with Crippen molar-refractivity contribution >= 4 is 23.4 Å². The average Bonchev–Trinajstić information content (AvgIpc) is 3.09. The van der Waals surface area contributed by atoms with Crippen molar-refractivity contribution in [1.82, 2.24) is 10.2 Å². The quantitative estimate of drug-likeness (QED) is 0.823. The van der Waals surface area contributed by atoms with E-state index in [1.807, 2.05) is 43.3 Å². The van der Waals surface area contributed by atoms with Crippen LogP contribution in [0.2, 0.25) is 0 Å². The molecule has 0 saturated carbocycles. The number of hydrogen-bond acceptors (Lipinski definition) is 3. The summed E-state index contributed by atoms with van der Waals surface area (Å²) in [5, 5.41) is 5.62.